The van der Waals surface area contributed by atoms with Crippen molar-refractivity contribution < 1.29 is 13.2 Å². The first-order valence-corrected chi connectivity index (χ1v) is 9.85. The van der Waals surface area contributed by atoms with Gasteiger partial charge in [0.25, 0.3) is 5.91 Å². The fourth-order valence-corrected chi connectivity index (χ4v) is 3.83. The Bertz CT molecular complexity index is 800. The van der Waals surface area contributed by atoms with Crippen molar-refractivity contribution in [2.24, 2.45) is 0 Å². The van der Waals surface area contributed by atoms with Crippen molar-refractivity contribution in [3.63, 3.8) is 0 Å². The molecule has 22 heavy (non-hydrogen) atoms. The summed E-state index contributed by atoms with van der Waals surface area (Å²) in [6.45, 7) is 2.20. The molecule has 1 aromatic carbocycles. The molecule has 2 N–H and O–H groups in total. The lowest BCUT2D eigenvalue weighted by Gasteiger charge is -2.10. The van der Waals surface area contributed by atoms with Crippen LogP contribution in [-0.2, 0) is 16.6 Å². The molecule has 2 rings (SSSR count). The van der Waals surface area contributed by atoms with Gasteiger partial charge in [-0.3, -0.25) is 9.52 Å². The maximum Gasteiger partial charge on any atom is 0.251 e. The number of rotatable bonds is 5. The number of aryl methyl sites for hydroxylation is 1. The fourth-order valence-electron chi connectivity index (χ4n) is 1.79. The second-order valence-electron chi connectivity index (χ2n) is 4.79. The van der Waals surface area contributed by atoms with E-state index >= 15 is 0 Å². The van der Waals surface area contributed by atoms with E-state index in [4.69, 9.17) is 0 Å². The largest absolute Gasteiger partial charge is 0.347 e. The van der Waals surface area contributed by atoms with Gasteiger partial charge in [-0.2, -0.15) is 0 Å². The molecule has 0 spiro atoms. The van der Waals surface area contributed by atoms with Gasteiger partial charge >= 0.3 is 0 Å². The molecular formula is C14H15BrN2O3S2. The molecule has 0 fully saturated rings. The number of hydrogen-bond donors (Lipinski definition) is 2. The van der Waals surface area contributed by atoms with Gasteiger partial charge in [-0.05, 0) is 52.7 Å². The van der Waals surface area contributed by atoms with Crippen LogP contribution in [0.1, 0.15) is 20.8 Å². The third-order valence-electron chi connectivity index (χ3n) is 2.85. The van der Waals surface area contributed by atoms with E-state index in [1.165, 1.54) is 6.07 Å². The summed E-state index contributed by atoms with van der Waals surface area (Å²) >= 11 is 4.92. The zero-order valence-electron chi connectivity index (χ0n) is 12.0. The van der Waals surface area contributed by atoms with E-state index in [0.717, 1.165) is 20.5 Å². The van der Waals surface area contributed by atoms with Crippen LogP contribution in [0.25, 0.3) is 0 Å². The summed E-state index contributed by atoms with van der Waals surface area (Å²) < 4.78 is 26.1. The summed E-state index contributed by atoms with van der Waals surface area (Å²) in [7, 11) is -3.38. The minimum Gasteiger partial charge on any atom is -0.347 e. The molecule has 8 heteroatoms. The number of nitrogens with one attached hydrogen (secondary N) is 2. The molecule has 0 saturated carbocycles. The summed E-state index contributed by atoms with van der Waals surface area (Å²) in [5.74, 6) is -0.249. The molecular weight excluding hydrogens is 388 g/mol. The van der Waals surface area contributed by atoms with Crippen LogP contribution in [0, 0.1) is 6.92 Å². The molecule has 0 aliphatic carbocycles. The number of thiophene rings is 1. The molecule has 0 saturated heterocycles. The monoisotopic (exact) mass is 402 g/mol. The molecule has 1 heterocycles. The Hall–Kier alpha value is -1.38. The van der Waals surface area contributed by atoms with Crippen LogP contribution in [0.5, 0.6) is 0 Å². The second kappa shape index (κ2) is 6.80. The first-order chi connectivity index (χ1) is 10.2. The van der Waals surface area contributed by atoms with Crippen LogP contribution >= 0.6 is 27.3 Å². The van der Waals surface area contributed by atoms with Crippen LogP contribution in [0.3, 0.4) is 0 Å². The molecule has 5 nitrogen and oxygen atoms in total. The van der Waals surface area contributed by atoms with Crippen LogP contribution in [0.15, 0.2) is 34.1 Å². The van der Waals surface area contributed by atoms with Crippen molar-refractivity contribution in [3.8, 4) is 0 Å². The van der Waals surface area contributed by atoms with Crippen LogP contribution in [0.4, 0.5) is 5.69 Å². The van der Waals surface area contributed by atoms with Crippen LogP contribution in [-0.4, -0.2) is 20.6 Å². The lowest BCUT2D eigenvalue weighted by atomic mass is 10.1. The summed E-state index contributed by atoms with van der Waals surface area (Å²) in [4.78, 5) is 13.2. The van der Waals surface area contributed by atoms with Crippen molar-refractivity contribution >= 4 is 48.9 Å². The minimum atomic E-state index is -3.38. The lowest BCUT2D eigenvalue weighted by molar-refractivity contribution is 0.0951. The highest BCUT2D eigenvalue weighted by Gasteiger charge is 2.11. The fraction of sp³-hybridized carbons (Fsp3) is 0.214. The number of amides is 1. The molecule has 2 aromatic rings. The van der Waals surface area contributed by atoms with Gasteiger partial charge < -0.3 is 5.32 Å². The first kappa shape index (κ1) is 17.0. The Morgan fingerprint density at radius 3 is 2.59 bits per heavy atom. The SMILES string of the molecule is Cc1ccc(C(=O)NCc2ccc(Br)s2)cc1NS(C)(=O)=O. The summed E-state index contributed by atoms with van der Waals surface area (Å²) in [6.07, 6.45) is 1.08. The maximum absolute atomic E-state index is 12.2. The Labute approximate surface area is 141 Å². The number of sulfonamides is 1. The molecule has 1 amide bonds. The van der Waals surface area contributed by atoms with Gasteiger partial charge in [0.05, 0.1) is 22.3 Å². The van der Waals surface area contributed by atoms with E-state index in [1.54, 1.807) is 30.4 Å². The maximum atomic E-state index is 12.2. The predicted molar refractivity (Wildman–Crippen MR) is 92.8 cm³/mol. The smallest absolute Gasteiger partial charge is 0.251 e. The normalized spacial score (nSPS) is 11.2. The Kier molecular flexibility index (Phi) is 5.25. The molecule has 118 valence electrons. The number of benzene rings is 1. The topological polar surface area (TPSA) is 75.3 Å². The van der Waals surface area contributed by atoms with Gasteiger partial charge in [0, 0.05) is 10.4 Å². The number of anilines is 1. The molecule has 1 aromatic heterocycles. The highest BCUT2D eigenvalue weighted by molar-refractivity contribution is 9.11. The Morgan fingerprint density at radius 2 is 2.00 bits per heavy atom. The van der Waals surface area contributed by atoms with Crippen molar-refractivity contribution in [2.75, 3.05) is 11.0 Å². The van der Waals surface area contributed by atoms with Gasteiger partial charge in [-0.1, -0.05) is 6.07 Å². The van der Waals surface area contributed by atoms with E-state index in [0.29, 0.717) is 17.8 Å². The van der Waals surface area contributed by atoms with Crippen LogP contribution < -0.4 is 10.0 Å². The highest BCUT2D eigenvalue weighted by Crippen LogP contribution is 2.22. The first-order valence-electron chi connectivity index (χ1n) is 6.35. The van der Waals surface area contributed by atoms with E-state index in [1.807, 2.05) is 12.1 Å². The molecule has 0 unspecified atom stereocenters. The zero-order valence-corrected chi connectivity index (χ0v) is 15.2. The van der Waals surface area contributed by atoms with E-state index < -0.39 is 10.0 Å². The number of hydrogen-bond acceptors (Lipinski definition) is 4. The van der Waals surface area contributed by atoms with E-state index in [2.05, 4.69) is 26.0 Å². The third-order valence-corrected chi connectivity index (χ3v) is 5.06. The predicted octanol–water partition coefficient (Wildman–Crippen LogP) is 3.12. The average molecular weight is 403 g/mol. The minimum absolute atomic E-state index is 0.249. The Balaban J connectivity index is 2.11. The standard InChI is InChI=1S/C14H15BrN2O3S2/c1-9-3-4-10(7-12(9)17-22(2,19)20)14(18)16-8-11-5-6-13(15)21-11/h3-7,17H,8H2,1-2H3,(H,16,18). The van der Waals surface area contributed by atoms with Gasteiger partial charge in [0.15, 0.2) is 0 Å². The molecule has 0 aliphatic heterocycles. The summed E-state index contributed by atoms with van der Waals surface area (Å²) in [6, 6.07) is 8.77. The van der Waals surface area contributed by atoms with Crippen molar-refractivity contribution in [1.29, 1.82) is 0 Å². The quantitative estimate of drug-likeness (QED) is 0.806. The van der Waals surface area contributed by atoms with Gasteiger partial charge in [-0.15, -0.1) is 11.3 Å². The van der Waals surface area contributed by atoms with Crippen molar-refractivity contribution in [1.82, 2.24) is 5.32 Å². The number of carbonyl (C=O) groups is 1. The number of carbonyl (C=O) groups excluding carboxylic acids is 1. The van der Waals surface area contributed by atoms with E-state index in [9.17, 15) is 13.2 Å². The second-order valence-corrected chi connectivity index (χ2v) is 9.09. The van der Waals surface area contributed by atoms with Crippen molar-refractivity contribution in [2.45, 2.75) is 13.5 Å². The summed E-state index contributed by atoms with van der Waals surface area (Å²) in [5, 5.41) is 2.81. The third kappa shape index (κ3) is 4.82. The Morgan fingerprint density at radius 1 is 1.27 bits per heavy atom. The van der Waals surface area contributed by atoms with Gasteiger partial charge in [0.2, 0.25) is 10.0 Å². The van der Waals surface area contributed by atoms with Gasteiger partial charge in [-0.25, -0.2) is 8.42 Å². The number of halogens is 1. The molecule has 0 aliphatic rings. The van der Waals surface area contributed by atoms with Crippen LogP contribution in [0.2, 0.25) is 0 Å². The van der Waals surface area contributed by atoms with E-state index in [-0.39, 0.29) is 5.91 Å². The molecule has 0 atom stereocenters. The van der Waals surface area contributed by atoms with Crippen molar-refractivity contribution in [3.05, 3.63) is 50.1 Å². The summed E-state index contributed by atoms with van der Waals surface area (Å²) in [5.41, 5.74) is 1.57. The molecule has 0 bridgehead atoms. The average Bonchev–Trinajstić information content (AvgIpc) is 2.83. The highest BCUT2D eigenvalue weighted by atomic mass is 79.9. The molecule has 0 radical (unpaired) electrons. The van der Waals surface area contributed by atoms with Gasteiger partial charge in [0.1, 0.15) is 0 Å². The zero-order chi connectivity index (χ0) is 16.3. The lowest BCUT2D eigenvalue weighted by Crippen LogP contribution is -2.22.